The zero-order valence-corrected chi connectivity index (χ0v) is 12.3. The van der Waals surface area contributed by atoms with Gasteiger partial charge in [-0.05, 0) is 22.0 Å². The van der Waals surface area contributed by atoms with Crippen molar-refractivity contribution in [1.82, 2.24) is 9.55 Å². The molecule has 3 rings (SSSR count). The van der Waals surface area contributed by atoms with Crippen molar-refractivity contribution in [2.24, 2.45) is 12.8 Å². The minimum atomic E-state index is 0.480. The van der Waals surface area contributed by atoms with Crippen molar-refractivity contribution in [3.8, 4) is 10.4 Å². The number of halogens is 1. The van der Waals surface area contributed by atoms with Gasteiger partial charge in [-0.25, -0.2) is 4.98 Å². The maximum Gasteiger partial charge on any atom is 0.125 e. The first-order valence-electron chi connectivity index (χ1n) is 5.60. The molecule has 0 unspecified atom stereocenters. The number of para-hydroxylation sites is 1. The molecule has 0 aliphatic carbocycles. The van der Waals surface area contributed by atoms with Crippen LogP contribution < -0.4 is 5.73 Å². The first-order valence-corrected chi connectivity index (χ1v) is 7.21. The first kappa shape index (κ1) is 11.9. The summed E-state index contributed by atoms with van der Waals surface area (Å²) in [7, 11) is 2.06. The van der Waals surface area contributed by atoms with Crippen LogP contribution >= 0.6 is 27.3 Å². The summed E-state index contributed by atoms with van der Waals surface area (Å²) in [4.78, 5) is 5.57. The number of hydrogen-bond donors (Lipinski definition) is 1. The molecule has 0 amide bonds. The number of aromatic nitrogens is 2. The number of benzene rings is 1. The van der Waals surface area contributed by atoms with E-state index in [4.69, 9.17) is 5.73 Å². The standard InChI is InChI=1S/C13H12BrN3S/c1-17-7-9(8-4-2-3-5-10(8)17)12-13(14)16-11(6-15)18-12/h2-5,7H,6,15H2,1H3. The Morgan fingerprint density at radius 1 is 1.39 bits per heavy atom. The smallest absolute Gasteiger partial charge is 0.125 e. The third-order valence-electron chi connectivity index (χ3n) is 2.95. The summed E-state index contributed by atoms with van der Waals surface area (Å²) < 4.78 is 3.02. The van der Waals surface area contributed by atoms with E-state index in [0.29, 0.717) is 6.54 Å². The normalized spacial score (nSPS) is 11.3. The molecular formula is C13H12BrN3S. The van der Waals surface area contributed by atoms with Gasteiger partial charge in [-0.1, -0.05) is 18.2 Å². The number of thiazole rings is 1. The quantitative estimate of drug-likeness (QED) is 0.784. The highest BCUT2D eigenvalue weighted by molar-refractivity contribution is 9.10. The molecule has 0 saturated heterocycles. The highest BCUT2D eigenvalue weighted by Crippen LogP contribution is 2.38. The molecule has 0 atom stereocenters. The van der Waals surface area contributed by atoms with E-state index in [1.165, 1.54) is 16.5 Å². The van der Waals surface area contributed by atoms with E-state index in [1.54, 1.807) is 11.3 Å². The lowest BCUT2D eigenvalue weighted by molar-refractivity contribution is 0.970. The molecular weight excluding hydrogens is 310 g/mol. The van der Waals surface area contributed by atoms with Gasteiger partial charge in [0.05, 0.1) is 4.88 Å². The molecule has 0 radical (unpaired) electrons. The van der Waals surface area contributed by atoms with Crippen molar-refractivity contribution in [2.45, 2.75) is 6.54 Å². The number of nitrogens with two attached hydrogens (primary N) is 1. The first-order chi connectivity index (χ1) is 8.70. The van der Waals surface area contributed by atoms with Crippen LogP contribution in [-0.4, -0.2) is 9.55 Å². The van der Waals surface area contributed by atoms with Gasteiger partial charge in [-0.3, -0.25) is 0 Å². The Kier molecular flexibility index (Phi) is 2.97. The lowest BCUT2D eigenvalue weighted by atomic mass is 10.1. The number of hydrogen-bond acceptors (Lipinski definition) is 3. The minimum absolute atomic E-state index is 0.480. The largest absolute Gasteiger partial charge is 0.350 e. The van der Waals surface area contributed by atoms with Crippen LogP contribution in [0.5, 0.6) is 0 Å². The van der Waals surface area contributed by atoms with Gasteiger partial charge in [0.2, 0.25) is 0 Å². The molecule has 0 fully saturated rings. The molecule has 5 heteroatoms. The molecule has 3 aromatic rings. The van der Waals surface area contributed by atoms with Crippen LogP contribution in [0.25, 0.3) is 21.3 Å². The Balaban J connectivity index is 2.28. The van der Waals surface area contributed by atoms with Gasteiger partial charge in [0.15, 0.2) is 0 Å². The molecule has 2 aromatic heterocycles. The fourth-order valence-corrected chi connectivity index (χ4v) is 3.77. The summed E-state index contributed by atoms with van der Waals surface area (Å²) in [6.07, 6.45) is 2.14. The van der Waals surface area contributed by atoms with Gasteiger partial charge in [0, 0.05) is 36.3 Å². The zero-order chi connectivity index (χ0) is 12.7. The van der Waals surface area contributed by atoms with E-state index in [0.717, 1.165) is 14.5 Å². The van der Waals surface area contributed by atoms with Crippen LogP contribution in [0.4, 0.5) is 0 Å². The molecule has 3 nitrogen and oxygen atoms in total. The van der Waals surface area contributed by atoms with Crippen molar-refractivity contribution < 1.29 is 0 Å². The van der Waals surface area contributed by atoms with Crippen LogP contribution in [0.1, 0.15) is 5.01 Å². The summed E-state index contributed by atoms with van der Waals surface area (Å²) >= 11 is 5.17. The molecule has 18 heavy (non-hydrogen) atoms. The van der Waals surface area contributed by atoms with E-state index in [1.807, 2.05) is 0 Å². The monoisotopic (exact) mass is 321 g/mol. The second kappa shape index (κ2) is 4.50. The molecule has 0 aliphatic rings. The van der Waals surface area contributed by atoms with E-state index in [9.17, 15) is 0 Å². The number of rotatable bonds is 2. The zero-order valence-electron chi connectivity index (χ0n) is 9.85. The average molecular weight is 322 g/mol. The summed E-state index contributed by atoms with van der Waals surface area (Å²) in [5.74, 6) is 0. The van der Waals surface area contributed by atoms with Gasteiger partial charge in [-0.15, -0.1) is 11.3 Å². The number of fused-ring (bicyclic) bond motifs is 1. The fraction of sp³-hybridized carbons (Fsp3) is 0.154. The van der Waals surface area contributed by atoms with Crippen LogP contribution in [-0.2, 0) is 13.6 Å². The van der Waals surface area contributed by atoms with Gasteiger partial charge in [0.1, 0.15) is 9.61 Å². The maximum atomic E-state index is 5.65. The summed E-state index contributed by atoms with van der Waals surface area (Å²) in [5.41, 5.74) is 8.08. The Morgan fingerprint density at radius 2 is 2.17 bits per heavy atom. The molecule has 0 bridgehead atoms. The van der Waals surface area contributed by atoms with Crippen molar-refractivity contribution in [2.75, 3.05) is 0 Å². The van der Waals surface area contributed by atoms with Crippen molar-refractivity contribution >= 4 is 38.2 Å². The topological polar surface area (TPSA) is 43.8 Å². The van der Waals surface area contributed by atoms with E-state index in [2.05, 4.69) is 63.0 Å². The van der Waals surface area contributed by atoms with Crippen molar-refractivity contribution in [3.05, 3.63) is 40.1 Å². The van der Waals surface area contributed by atoms with Crippen LogP contribution in [0, 0.1) is 0 Å². The van der Waals surface area contributed by atoms with Crippen LogP contribution in [0.15, 0.2) is 35.1 Å². The molecule has 1 aromatic carbocycles. The highest BCUT2D eigenvalue weighted by atomic mass is 79.9. The SMILES string of the molecule is Cn1cc(-c2sc(CN)nc2Br)c2ccccc21. The molecule has 2 N–H and O–H groups in total. The number of aryl methyl sites for hydroxylation is 1. The highest BCUT2D eigenvalue weighted by Gasteiger charge is 2.15. The molecule has 0 saturated carbocycles. The summed E-state index contributed by atoms with van der Waals surface area (Å²) in [6.45, 7) is 0.480. The molecule has 92 valence electrons. The summed E-state index contributed by atoms with van der Waals surface area (Å²) in [6, 6.07) is 8.38. The Bertz CT molecular complexity index is 714. The molecule has 0 spiro atoms. The van der Waals surface area contributed by atoms with E-state index >= 15 is 0 Å². The predicted molar refractivity (Wildman–Crippen MR) is 79.6 cm³/mol. The second-order valence-corrected chi connectivity index (χ2v) is 5.94. The van der Waals surface area contributed by atoms with Gasteiger partial charge >= 0.3 is 0 Å². The van der Waals surface area contributed by atoms with Gasteiger partial charge in [0.25, 0.3) is 0 Å². The van der Waals surface area contributed by atoms with Crippen LogP contribution in [0.2, 0.25) is 0 Å². The lowest BCUT2D eigenvalue weighted by Crippen LogP contribution is -1.93. The summed E-state index contributed by atoms with van der Waals surface area (Å²) in [5, 5.41) is 2.19. The Hall–Kier alpha value is -1.17. The van der Waals surface area contributed by atoms with E-state index < -0.39 is 0 Å². The second-order valence-electron chi connectivity index (χ2n) is 4.10. The van der Waals surface area contributed by atoms with Gasteiger partial charge < -0.3 is 10.3 Å². The van der Waals surface area contributed by atoms with Crippen molar-refractivity contribution in [3.63, 3.8) is 0 Å². The van der Waals surface area contributed by atoms with Crippen LogP contribution in [0.3, 0.4) is 0 Å². The Labute approximate surface area is 117 Å². The third-order valence-corrected chi connectivity index (χ3v) is 4.89. The van der Waals surface area contributed by atoms with E-state index in [-0.39, 0.29) is 0 Å². The minimum Gasteiger partial charge on any atom is -0.350 e. The average Bonchev–Trinajstić information content (AvgIpc) is 2.91. The predicted octanol–water partition coefficient (Wildman–Crippen LogP) is 3.52. The number of nitrogens with zero attached hydrogens (tertiary/aromatic N) is 2. The maximum absolute atomic E-state index is 5.65. The Morgan fingerprint density at radius 3 is 2.89 bits per heavy atom. The van der Waals surface area contributed by atoms with Gasteiger partial charge in [-0.2, -0.15) is 0 Å². The third kappa shape index (κ3) is 1.79. The fourth-order valence-electron chi connectivity index (χ4n) is 2.12. The molecule has 2 heterocycles. The lowest BCUT2D eigenvalue weighted by Gasteiger charge is -1.95. The van der Waals surface area contributed by atoms with Crippen molar-refractivity contribution in [1.29, 1.82) is 0 Å². The molecule has 0 aliphatic heterocycles.